The standard InChI is InChI=1S/C12H15N3O3/c1-16-10-4-3-9(11(5-10)17-2)6-13-7-12-14-8-18-15-12/h3-5,8,13H,6-7H2,1-2H3. The van der Waals surface area contributed by atoms with Gasteiger partial charge in [-0.05, 0) is 6.07 Å². The van der Waals surface area contributed by atoms with E-state index in [-0.39, 0.29) is 0 Å². The van der Waals surface area contributed by atoms with Crippen LogP contribution in [0, 0.1) is 0 Å². The number of rotatable bonds is 6. The van der Waals surface area contributed by atoms with E-state index in [4.69, 9.17) is 9.47 Å². The largest absolute Gasteiger partial charge is 0.497 e. The molecule has 0 bridgehead atoms. The zero-order valence-corrected chi connectivity index (χ0v) is 10.3. The Morgan fingerprint density at radius 2 is 2.11 bits per heavy atom. The molecule has 0 saturated carbocycles. The smallest absolute Gasteiger partial charge is 0.213 e. The average Bonchev–Trinajstić information content (AvgIpc) is 2.92. The third kappa shape index (κ3) is 2.98. The molecule has 0 atom stereocenters. The van der Waals surface area contributed by atoms with E-state index < -0.39 is 0 Å². The average molecular weight is 249 g/mol. The maximum absolute atomic E-state index is 5.31. The zero-order valence-electron chi connectivity index (χ0n) is 10.3. The monoisotopic (exact) mass is 249 g/mol. The second kappa shape index (κ2) is 6.02. The van der Waals surface area contributed by atoms with Crippen molar-refractivity contribution in [2.45, 2.75) is 13.1 Å². The zero-order chi connectivity index (χ0) is 12.8. The third-order valence-corrected chi connectivity index (χ3v) is 2.50. The summed E-state index contributed by atoms with van der Waals surface area (Å²) in [6, 6.07) is 5.71. The summed E-state index contributed by atoms with van der Waals surface area (Å²) in [7, 11) is 3.26. The first-order valence-corrected chi connectivity index (χ1v) is 5.50. The van der Waals surface area contributed by atoms with Gasteiger partial charge >= 0.3 is 0 Å². The molecule has 0 fully saturated rings. The summed E-state index contributed by atoms with van der Waals surface area (Å²) in [6.07, 6.45) is 1.31. The topological polar surface area (TPSA) is 69.4 Å². The van der Waals surface area contributed by atoms with Crippen molar-refractivity contribution in [2.24, 2.45) is 0 Å². The summed E-state index contributed by atoms with van der Waals surface area (Å²) < 4.78 is 15.1. The first-order valence-electron chi connectivity index (χ1n) is 5.50. The van der Waals surface area contributed by atoms with Crippen molar-refractivity contribution in [3.8, 4) is 11.5 Å². The van der Waals surface area contributed by atoms with Gasteiger partial charge in [0.05, 0.1) is 20.8 Å². The van der Waals surface area contributed by atoms with E-state index in [1.54, 1.807) is 14.2 Å². The fraction of sp³-hybridized carbons (Fsp3) is 0.333. The Kier molecular flexibility index (Phi) is 4.14. The van der Waals surface area contributed by atoms with Crippen LogP contribution in [0.15, 0.2) is 29.1 Å². The van der Waals surface area contributed by atoms with Crippen molar-refractivity contribution in [2.75, 3.05) is 14.2 Å². The number of nitrogens with one attached hydrogen (secondary N) is 1. The van der Waals surface area contributed by atoms with E-state index in [2.05, 4.69) is 20.0 Å². The summed E-state index contributed by atoms with van der Waals surface area (Å²) >= 11 is 0. The van der Waals surface area contributed by atoms with Crippen LogP contribution in [0.2, 0.25) is 0 Å². The number of hydrogen-bond donors (Lipinski definition) is 1. The van der Waals surface area contributed by atoms with Crippen molar-refractivity contribution in [3.05, 3.63) is 36.0 Å². The number of methoxy groups -OCH3 is 2. The Balaban J connectivity index is 1.96. The first-order chi connectivity index (χ1) is 8.83. The van der Waals surface area contributed by atoms with Gasteiger partial charge in [0.1, 0.15) is 11.5 Å². The Labute approximate surface area is 105 Å². The molecule has 2 aromatic rings. The third-order valence-electron chi connectivity index (χ3n) is 2.50. The van der Waals surface area contributed by atoms with E-state index in [1.165, 1.54) is 6.39 Å². The summed E-state index contributed by atoms with van der Waals surface area (Å²) in [5.74, 6) is 2.19. The summed E-state index contributed by atoms with van der Waals surface area (Å²) in [5, 5.41) is 6.93. The minimum absolute atomic E-state index is 0.547. The molecule has 0 amide bonds. The summed E-state index contributed by atoms with van der Waals surface area (Å²) in [6.45, 7) is 1.20. The number of aromatic nitrogens is 2. The molecule has 1 N–H and O–H groups in total. The fourth-order valence-corrected chi connectivity index (χ4v) is 1.58. The van der Waals surface area contributed by atoms with Crippen LogP contribution in [-0.2, 0) is 13.1 Å². The second-order valence-electron chi connectivity index (χ2n) is 3.63. The molecule has 1 aromatic carbocycles. The van der Waals surface area contributed by atoms with Gasteiger partial charge in [0.25, 0.3) is 0 Å². The molecular weight excluding hydrogens is 234 g/mol. The van der Waals surface area contributed by atoms with Gasteiger partial charge in [0, 0.05) is 18.2 Å². The minimum Gasteiger partial charge on any atom is -0.497 e. The highest BCUT2D eigenvalue weighted by atomic mass is 16.5. The number of nitrogens with zero attached hydrogens (tertiary/aromatic N) is 2. The first kappa shape index (κ1) is 12.4. The molecule has 2 rings (SSSR count). The lowest BCUT2D eigenvalue weighted by Gasteiger charge is -2.10. The molecule has 0 aliphatic rings. The van der Waals surface area contributed by atoms with E-state index >= 15 is 0 Å². The minimum atomic E-state index is 0.547. The molecule has 0 radical (unpaired) electrons. The molecule has 6 nitrogen and oxygen atoms in total. The van der Waals surface area contributed by atoms with Gasteiger partial charge in [-0.15, -0.1) is 0 Å². The van der Waals surface area contributed by atoms with Crippen molar-refractivity contribution < 1.29 is 14.0 Å². The van der Waals surface area contributed by atoms with Gasteiger partial charge in [-0.25, -0.2) is 0 Å². The molecule has 1 aromatic heterocycles. The van der Waals surface area contributed by atoms with Crippen LogP contribution in [0.1, 0.15) is 11.4 Å². The maximum Gasteiger partial charge on any atom is 0.213 e. The Bertz CT molecular complexity index is 485. The lowest BCUT2D eigenvalue weighted by Crippen LogP contribution is -2.14. The Hall–Kier alpha value is -2.08. The van der Waals surface area contributed by atoms with Gasteiger partial charge in [-0.3, -0.25) is 0 Å². The van der Waals surface area contributed by atoms with Crippen LogP contribution in [-0.4, -0.2) is 24.4 Å². The normalized spacial score (nSPS) is 10.3. The van der Waals surface area contributed by atoms with Crippen molar-refractivity contribution in [3.63, 3.8) is 0 Å². The predicted molar refractivity (Wildman–Crippen MR) is 64.4 cm³/mol. The van der Waals surface area contributed by atoms with Crippen LogP contribution in [0.5, 0.6) is 11.5 Å². The molecule has 0 saturated heterocycles. The lowest BCUT2D eigenvalue weighted by molar-refractivity contribution is 0.389. The molecule has 96 valence electrons. The number of ether oxygens (including phenoxy) is 2. The highest BCUT2D eigenvalue weighted by Gasteiger charge is 2.05. The van der Waals surface area contributed by atoms with Gasteiger partial charge in [-0.1, -0.05) is 11.2 Å². The van der Waals surface area contributed by atoms with Gasteiger partial charge in [0.2, 0.25) is 6.39 Å². The van der Waals surface area contributed by atoms with Gasteiger partial charge in [0.15, 0.2) is 5.82 Å². The van der Waals surface area contributed by atoms with Crippen molar-refractivity contribution >= 4 is 0 Å². The number of benzene rings is 1. The van der Waals surface area contributed by atoms with Gasteiger partial charge < -0.3 is 19.3 Å². The molecule has 0 aliphatic carbocycles. The Morgan fingerprint density at radius 3 is 2.78 bits per heavy atom. The van der Waals surface area contributed by atoms with Crippen LogP contribution in [0.4, 0.5) is 0 Å². The number of hydrogen-bond acceptors (Lipinski definition) is 6. The lowest BCUT2D eigenvalue weighted by atomic mass is 10.2. The highest BCUT2D eigenvalue weighted by Crippen LogP contribution is 2.24. The molecule has 18 heavy (non-hydrogen) atoms. The summed E-state index contributed by atoms with van der Waals surface area (Å²) in [4.78, 5) is 3.93. The molecule has 0 spiro atoms. The van der Waals surface area contributed by atoms with E-state index in [1.807, 2.05) is 18.2 Å². The van der Waals surface area contributed by atoms with Crippen LogP contribution in [0.25, 0.3) is 0 Å². The molecule has 0 aliphatic heterocycles. The van der Waals surface area contributed by atoms with Gasteiger partial charge in [-0.2, -0.15) is 4.98 Å². The van der Waals surface area contributed by atoms with Crippen LogP contribution < -0.4 is 14.8 Å². The highest BCUT2D eigenvalue weighted by molar-refractivity contribution is 5.40. The molecule has 1 heterocycles. The Morgan fingerprint density at radius 1 is 1.22 bits per heavy atom. The second-order valence-corrected chi connectivity index (χ2v) is 3.63. The maximum atomic E-state index is 5.31. The fourth-order valence-electron chi connectivity index (χ4n) is 1.58. The van der Waals surface area contributed by atoms with Crippen molar-refractivity contribution in [1.29, 1.82) is 0 Å². The van der Waals surface area contributed by atoms with Crippen LogP contribution >= 0.6 is 0 Å². The van der Waals surface area contributed by atoms with Crippen molar-refractivity contribution in [1.82, 2.24) is 15.5 Å². The SMILES string of the molecule is COc1ccc(CNCc2ncon2)c(OC)c1. The predicted octanol–water partition coefficient (Wildman–Crippen LogP) is 1.38. The summed E-state index contributed by atoms with van der Waals surface area (Å²) in [5.41, 5.74) is 1.04. The molecule has 6 heteroatoms. The quantitative estimate of drug-likeness (QED) is 0.834. The van der Waals surface area contributed by atoms with E-state index in [0.29, 0.717) is 18.9 Å². The molecule has 0 unspecified atom stereocenters. The van der Waals surface area contributed by atoms with Crippen LogP contribution in [0.3, 0.4) is 0 Å². The van der Waals surface area contributed by atoms with E-state index in [9.17, 15) is 0 Å². The molecular formula is C12H15N3O3. The van der Waals surface area contributed by atoms with E-state index in [0.717, 1.165) is 17.1 Å².